The molecule has 0 spiro atoms. The Bertz CT molecular complexity index is 284. The molecule has 13 heavy (non-hydrogen) atoms. The highest BCUT2D eigenvalue weighted by Gasteiger charge is 2.09. The first kappa shape index (κ1) is 9.71. The molecule has 0 aromatic heterocycles. The SMILES string of the molecule is CCOc1cccc(O)c1N(C)C. The van der Waals surface area contributed by atoms with Crippen LogP contribution in [0.2, 0.25) is 0 Å². The van der Waals surface area contributed by atoms with Crippen LogP contribution in [0, 0.1) is 0 Å². The fourth-order valence-electron chi connectivity index (χ4n) is 1.23. The Morgan fingerprint density at radius 1 is 1.38 bits per heavy atom. The average molecular weight is 181 g/mol. The second kappa shape index (κ2) is 4.03. The van der Waals surface area contributed by atoms with E-state index in [9.17, 15) is 5.11 Å². The normalized spacial score (nSPS) is 9.77. The predicted octanol–water partition coefficient (Wildman–Crippen LogP) is 1.86. The lowest BCUT2D eigenvalue weighted by Crippen LogP contribution is -2.10. The molecule has 1 aromatic rings. The number of benzene rings is 1. The van der Waals surface area contributed by atoms with Gasteiger partial charge in [0.2, 0.25) is 0 Å². The number of para-hydroxylation sites is 1. The number of phenols is 1. The van der Waals surface area contributed by atoms with Crippen LogP contribution in [0.5, 0.6) is 11.5 Å². The van der Waals surface area contributed by atoms with Crippen LogP contribution in [0.25, 0.3) is 0 Å². The second-order valence-corrected chi connectivity index (χ2v) is 2.95. The van der Waals surface area contributed by atoms with Crippen LogP contribution < -0.4 is 9.64 Å². The molecule has 0 aliphatic rings. The third kappa shape index (κ3) is 2.05. The van der Waals surface area contributed by atoms with Gasteiger partial charge in [0.05, 0.1) is 6.61 Å². The molecule has 0 saturated carbocycles. The molecule has 72 valence electrons. The van der Waals surface area contributed by atoms with Crippen LogP contribution in [0.15, 0.2) is 18.2 Å². The summed E-state index contributed by atoms with van der Waals surface area (Å²) in [6, 6.07) is 5.27. The Kier molecular flexibility index (Phi) is 3.01. The molecule has 0 aliphatic carbocycles. The van der Waals surface area contributed by atoms with Gasteiger partial charge in [-0.2, -0.15) is 0 Å². The molecule has 0 fully saturated rings. The van der Waals surface area contributed by atoms with E-state index in [1.807, 2.05) is 32.0 Å². The maximum absolute atomic E-state index is 9.57. The van der Waals surface area contributed by atoms with Gasteiger partial charge in [-0.1, -0.05) is 6.07 Å². The van der Waals surface area contributed by atoms with E-state index in [-0.39, 0.29) is 5.75 Å². The molecule has 0 heterocycles. The van der Waals surface area contributed by atoms with Crippen LogP contribution in [0.4, 0.5) is 5.69 Å². The quantitative estimate of drug-likeness (QED) is 0.772. The highest BCUT2D eigenvalue weighted by molar-refractivity contribution is 5.66. The maximum atomic E-state index is 9.57. The van der Waals surface area contributed by atoms with Crippen molar-refractivity contribution in [2.75, 3.05) is 25.6 Å². The molecule has 0 radical (unpaired) electrons. The number of rotatable bonds is 3. The molecule has 0 aliphatic heterocycles. The lowest BCUT2D eigenvalue weighted by Gasteiger charge is -2.18. The lowest BCUT2D eigenvalue weighted by atomic mass is 10.2. The van der Waals surface area contributed by atoms with Gasteiger partial charge in [-0.3, -0.25) is 0 Å². The van der Waals surface area contributed by atoms with Gasteiger partial charge in [-0.05, 0) is 19.1 Å². The average Bonchev–Trinajstić information content (AvgIpc) is 2.04. The summed E-state index contributed by atoms with van der Waals surface area (Å²) in [5.41, 5.74) is 0.726. The van der Waals surface area contributed by atoms with E-state index in [1.54, 1.807) is 12.1 Å². The van der Waals surface area contributed by atoms with Gasteiger partial charge in [0.15, 0.2) is 0 Å². The van der Waals surface area contributed by atoms with Crippen molar-refractivity contribution in [3.63, 3.8) is 0 Å². The van der Waals surface area contributed by atoms with E-state index < -0.39 is 0 Å². The number of aromatic hydroxyl groups is 1. The molecule has 0 bridgehead atoms. The zero-order chi connectivity index (χ0) is 9.84. The van der Waals surface area contributed by atoms with E-state index >= 15 is 0 Å². The summed E-state index contributed by atoms with van der Waals surface area (Å²) in [5.74, 6) is 0.962. The molecule has 0 saturated heterocycles. The summed E-state index contributed by atoms with van der Waals surface area (Å²) in [6.07, 6.45) is 0. The molecular formula is C10H15NO2. The Morgan fingerprint density at radius 2 is 2.08 bits per heavy atom. The first-order valence-electron chi connectivity index (χ1n) is 4.29. The van der Waals surface area contributed by atoms with Crippen molar-refractivity contribution in [3.05, 3.63) is 18.2 Å². The zero-order valence-corrected chi connectivity index (χ0v) is 8.24. The smallest absolute Gasteiger partial charge is 0.146 e. The van der Waals surface area contributed by atoms with Gasteiger partial charge in [0, 0.05) is 14.1 Å². The zero-order valence-electron chi connectivity index (χ0n) is 8.24. The molecule has 1 aromatic carbocycles. The van der Waals surface area contributed by atoms with Gasteiger partial charge < -0.3 is 14.7 Å². The number of ether oxygens (including phenoxy) is 1. The summed E-state index contributed by atoms with van der Waals surface area (Å²) in [6.45, 7) is 2.52. The predicted molar refractivity (Wildman–Crippen MR) is 53.6 cm³/mol. The molecule has 0 atom stereocenters. The van der Waals surface area contributed by atoms with E-state index in [0.29, 0.717) is 12.4 Å². The number of nitrogens with zero attached hydrogens (tertiary/aromatic N) is 1. The summed E-state index contributed by atoms with van der Waals surface area (Å²) in [7, 11) is 3.75. The molecule has 3 nitrogen and oxygen atoms in total. The highest BCUT2D eigenvalue weighted by Crippen LogP contribution is 2.35. The molecule has 0 unspecified atom stereocenters. The topological polar surface area (TPSA) is 32.7 Å². The van der Waals surface area contributed by atoms with Gasteiger partial charge in [-0.25, -0.2) is 0 Å². The minimum Gasteiger partial charge on any atom is -0.506 e. The Balaban J connectivity index is 3.10. The van der Waals surface area contributed by atoms with Crippen LogP contribution in [-0.4, -0.2) is 25.8 Å². The summed E-state index contributed by atoms with van der Waals surface area (Å²) in [4.78, 5) is 1.83. The molecule has 0 amide bonds. The van der Waals surface area contributed by atoms with Crippen LogP contribution in [0.1, 0.15) is 6.92 Å². The van der Waals surface area contributed by atoms with E-state index in [0.717, 1.165) is 5.69 Å². The van der Waals surface area contributed by atoms with Crippen molar-refractivity contribution in [1.29, 1.82) is 0 Å². The number of anilines is 1. The van der Waals surface area contributed by atoms with Gasteiger partial charge >= 0.3 is 0 Å². The van der Waals surface area contributed by atoms with Gasteiger partial charge in [-0.15, -0.1) is 0 Å². The number of hydrogen-bond donors (Lipinski definition) is 1. The van der Waals surface area contributed by atoms with Crippen LogP contribution in [-0.2, 0) is 0 Å². The van der Waals surface area contributed by atoms with Crippen molar-refractivity contribution < 1.29 is 9.84 Å². The van der Waals surface area contributed by atoms with Gasteiger partial charge in [0.1, 0.15) is 17.2 Å². The minimum atomic E-state index is 0.246. The highest BCUT2D eigenvalue weighted by atomic mass is 16.5. The Morgan fingerprint density at radius 3 is 2.62 bits per heavy atom. The van der Waals surface area contributed by atoms with Crippen LogP contribution in [0.3, 0.4) is 0 Å². The molecular weight excluding hydrogens is 166 g/mol. The minimum absolute atomic E-state index is 0.246. The summed E-state index contributed by atoms with van der Waals surface area (Å²) >= 11 is 0. The fourth-order valence-corrected chi connectivity index (χ4v) is 1.23. The molecule has 1 rings (SSSR count). The van der Waals surface area contributed by atoms with Gasteiger partial charge in [0.25, 0.3) is 0 Å². The Labute approximate surface area is 78.6 Å². The summed E-state index contributed by atoms with van der Waals surface area (Å²) in [5, 5.41) is 9.57. The molecule has 3 heteroatoms. The van der Waals surface area contributed by atoms with Crippen molar-refractivity contribution in [3.8, 4) is 11.5 Å². The van der Waals surface area contributed by atoms with E-state index in [2.05, 4.69) is 0 Å². The first-order chi connectivity index (χ1) is 6.16. The summed E-state index contributed by atoms with van der Waals surface area (Å²) < 4.78 is 5.38. The third-order valence-electron chi connectivity index (χ3n) is 1.72. The number of phenolic OH excluding ortho intramolecular Hbond substituents is 1. The van der Waals surface area contributed by atoms with E-state index in [4.69, 9.17) is 4.74 Å². The second-order valence-electron chi connectivity index (χ2n) is 2.95. The number of hydrogen-bond acceptors (Lipinski definition) is 3. The third-order valence-corrected chi connectivity index (χ3v) is 1.72. The van der Waals surface area contributed by atoms with E-state index in [1.165, 1.54) is 0 Å². The fraction of sp³-hybridized carbons (Fsp3) is 0.400. The lowest BCUT2D eigenvalue weighted by molar-refractivity contribution is 0.338. The first-order valence-corrected chi connectivity index (χ1v) is 4.29. The van der Waals surface area contributed by atoms with Crippen molar-refractivity contribution >= 4 is 5.69 Å². The maximum Gasteiger partial charge on any atom is 0.146 e. The van der Waals surface area contributed by atoms with Crippen molar-refractivity contribution in [2.24, 2.45) is 0 Å². The van der Waals surface area contributed by atoms with Crippen molar-refractivity contribution in [2.45, 2.75) is 6.92 Å². The van der Waals surface area contributed by atoms with Crippen molar-refractivity contribution in [1.82, 2.24) is 0 Å². The standard InChI is InChI=1S/C10H15NO2/c1-4-13-9-7-5-6-8(12)10(9)11(2)3/h5-7,12H,4H2,1-3H3. The largest absolute Gasteiger partial charge is 0.506 e. The Hall–Kier alpha value is -1.38. The molecule has 1 N–H and O–H groups in total. The monoisotopic (exact) mass is 181 g/mol. The van der Waals surface area contributed by atoms with Crippen LogP contribution >= 0.6 is 0 Å².